The van der Waals surface area contributed by atoms with Crippen molar-refractivity contribution in [1.82, 2.24) is 4.90 Å². The summed E-state index contributed by atoms with van der Waals surface area (Å²) < 4.78 is 0. The fourth-order valence-corrected chi connectivity index (χ4v) is 4.35. The maximum Gasteiger partial charge on any atom is 0.0593 e. The van der Waals surface area contributed by atoms with Gasteiger partial charge in [0.2, 0.25) is 0 Å². The van der Waals surface area contributed by atoms with Crippen LogP contribution in [0, 0.1) is 12.8 Å². The van der Waals surface area contributed by atoms with E-state index >= 15 is 0 Å². The molecule has 0 amide bonds. The first-order chi connectivity index (χ1) is 9.15. The van der Waals surface area contributed by atoms with E-state index in [1.54, 1.807) is 0 Å². The molecule has 0 bridgehead atoms. The first-order valence-electron chi connectivity index (χ1n) is 7.71. The Labute approximate surface area is 122 Å². The maximum atomic E-state index is 6.42. The summed E-state index contributed by atoms with van der Waals surface area (Å²) in [6.07, 6.45) is 5.08. The van der Waals surface area contributed by atoms with Gasteiger partial charge in [-0.15, -0.1) is 11.3 Å². The average molecular weight is 280 g/mol. The highest BCUT2D eigenvalue weighted by Crippen LogP contribution is 2.35. The van der Waals surface area contributed by atoms with Crippen LogP contribution in [0.2, 0.25) is 0 Å². The highest BCUT2D eigenvalue weighted by molar-refractivity contribution is 7.12. The molecule has 1 saturated heterocycles. The van der Waals surface area contributed by atoms with Gasteiger partial charge in [0.1, 0.15) is 0 Å². The molecule has 108 valence electrons. The summed E-state index contributed by atoms with van der Waals surface area (Å²) in [4.78, 5) is 5.50. The number of hydrogen-bond acceptors (Lipinski definition) is 3. The minimum atomic E-state index is 0.262. The van der Waals surface area contributed by atoms with Crippen molar-refractivity contribution >= 4 is 11.3 Å². The van der Waals surface area contributed by atoms with Gasteiger partial charge in [0, 0.05) is 22.3 Å². The Balaban J connectivity index is 2.11. The third-order valence-electron chi connectivity index (χ3n) is 4.34. The number of nitrogens with two attached hydrogens (primary N) is 1. The van der Waals surface area contributed by atoms with Crippen LogP contribution in [-0.4, -0.2) is 24.0 Å². The monoisotopic (exact) mass is 280 g/mol. The van der Waals surface area contributed by atoms with Gasteiger partial charge in [0.05, 0.1) is 6.04 Å². The van der Waals surface area contributed by atoms with Crippen LogP contribution in [0.15, 0.2) is 12.1 Å². The van der Waals surface area contributed by atoms with E-state index in [4.69, 9.17) is 5.73 Å². The van der Waals surface area contributed by atoms with Crippen molar-refractivity contribution in [1.29, 1.82) is 0 Å². The van der Waals surface area contributed by atoms with E-state index in [2.05, 4.69) is 37.8 Å². The molecular formula is C16H28N2S. The van der Waals surface area contributed by atoms with Crippen LogP contribution >= 0.6 is 11.3 Å². The van der Waals surface area contributed by atoms with Crippen LogP contribution in [0.5, 0.6) is 0 Å². The van der Waals surface area contributed by atoms with Gasteiger partial charge in [0.25, 0.3) is 0 Å². The molecule has 1 aliphatic rings. The summed E-state index contributed by atoms with van der Waals surface area (Å²) in [7, 11) is 0. The molecule has 3 heteroatoms. The Morgan fingerprint density at radius 3 is 2.79 bits per heavy atom. The largest absolute Gasteiger partial charge is 0.326 e. The zero-order valence-electron chi connectivity index (χ0n) is 12.6. The molecule has 3 unspecified atom stereocenters. The number of nitrogens with zero attached hydrogens (tertiary/aromatic N) is 1. The first-order valence-corrected chi connectivity index (χ1v) is 8.53. The van der Waals surface area contributed by atoms with Gasteiger partial charge in [0.15, 0.2) is 0 Å². The van der Waals surface area contributed by atoms with Gasteiger partial charge in [-0.25, -0.2) is 0 Å². The highest BCUT2D eigenvalue weighted by atomic mass is 32.1. The topological polar surface area (TPSA) is 29.3 Å². The Morgan fingerprint density at radius 2 is 2.21 bits per heavy atom. The molecule has 2 nitrogen and oxygen atoms in total. The Hall–Kier alpha value is -0.380. The molecule has 0 saturated carbocycles. The molecule has 3 atom stereocenters. The van der Waals surface area contributed by atoms with Crippen molar-refractivity contribution in [2.75, 3.05) is 13.1 Å². The first kappa shape index (κ1) is 15.0. The van der Waals surface area contributed by atoms with Crippen LogP contribution in [0.4, 0.5) is 0 Å². The number of aryl methyl sites for hydroxylation is 1. The Bertz CT molecular complexity index is 388. The summed E-state index contributed by atoms with van der Waals surface area (Å²) in [6, 6.07) is 5.21. The second kappa shape index (κ2) is 6.87. The van der Waals surface area contributed by atoms with E-state index in [1.807, 2.05) is 11.3 Å². The SMILES string of the molecule is CCCC1CCN(C(c2ccc(C)s2)C(N)CC)C1. The third kappa shape index (κ3) is 3.59. The van der Waals surface area contributed by atoms with E-state index in [0.717, 1.165) is 12.3 Å². The Kier molecular flexibility index (Phi) is 5.43. The van der Waals surface area contributed by atoms with E-state index in [9.17, 15) is 0 Å². The van der Waals surface area contributed by atoms with E-state index < -0.39 is 0 Å². The molecule has 1 fully saturated rings. The van der Waals surface area contributed by atoms with E-state index in [0.29, 0.717) is 6.04 Å². The quantitative estimate of drug-likeness (QED) is 0.854. The molecule has 2 heterocycles. The van der Waals surface area contributed by atoms with Crippen molar-refractivity contribution < 1.29 is 0 Å². The summed E-state index contributed by atoms with van der Waals surface area (Å²) >= 11 is 1.92. The summed E-state index contributed by atoms with van der Waals surface area (Å²) in [5, 5.41) is 0. The van der Waals surface area contributed by atoms with Gasteiger partial charge < -0.3 is 5.73 Å². The van der Waals surface area contributed by atoms with Crippen molar-refractivity contribution in [3.8, 4) is 0 Å². The molecule has 0 radical (unpaired) electrons. The normalized spacial score (nSPS) is 23.7. The van der Waals surface area contributed by atoms with Gasteiger partial charge in [-0.1, -0.05) is 20.3 Å². The number of rotatable bonds is 6. The molecule has 2 N–H and O–H groups in total. The highest BCUT2D eigenvalue weighted by Gasteiger charge is 2.32. The molecule has 19 heavy (non-hydrogen) atoms. The maximum absolute atomic E-state index is 6.42. The lowest BCUT2D eigenvalue weighted by atomic mass is 10.0. The number of hydrogen-bond donors (Lipinski definition) is 1. The molecule has 0 aliphatic carbocycles. The van der Waals surface area contributed by atoms with Crippen molar-refractivity contribution in [3.05, 3.63) is 21.9 Å². The fraction of sp³-hybridized carbons (Fsp3) is 0.750. The van der Waals surface area contributed by atoms with Crippen LogP contribution in [0.25, 0.3) is 0 Å². The molecule has 1 aliphatic heterocycles. The van der Waals surface area contributed by atoms with E-state index in [-0.39, 0.29) is 6.04 Å². The van der Waals surface area contributed by atoms with Gasteiger partial charge in [-0.3, -0.25) is 4.90 Å². The molecule has 1 aromatic heterocycles. The zero-order chi connectivity index (χ0) is 13.8. The lowest BCUT2D eigenvalue weighted by Gasteiger charge is -2.31. The van der Waals surface area contributed by atoms with Crippen LogP contribution in [0.3, 0.4) is 0 Å². The van der Waals surface area contributed by atoms with Gasteiger partial charge >= 0.3 is 0 Å². The van der Waals surface area contributed by atoms with Crippen LogP contribution in [-0.2, 0) is 0 Å². The van der Waals surface area contributed by atoms with Crippen LogP contribution in [0.1, 0.15) is 55.3 Å². The number of thiophene rings is 1. The minimum Gasteiger partial charge on any atom is -0.326 e. The minimum absolute atomic E-state index is 0.262. The summed E-state index contributed by atoms with van der Waals surface area (Å²) in [5.74, 6) is 0.887. The van der Waals surface area contributed by atoms with Crippen molar-refractivity contribution in [2.24, 2.45) is 11.7 Å². The second-order valence-electron chi connectivity index (χ2n) is 5.90. The standard InChI is InChI=1S/C16H28N2S/c1-4-6-13-9-10-18(11-13)16(14(17)5-2)15-8-7-12(3)19-15/h7-8,13-14,16H,4-6,9-11,17H2,1-3H3. The lowest BCUT2D eigenvalue weighted by molar-refractivity contribution is 0.204. The van der Waals surface area contributed by atoms with E-state index in [1.165, 1.54) is 42.1 Å². The zero-order valence-corrected chi connectivity index (χ0v) is 13.4. The fourth-order valence-electron chi connectivity index (χ4n) is 3.26. The van der Waals surface area contributed by atoms with Gasteiger partial charge in [-0.2, -0.15) is 0 Å². The lowest BCUT2D eigenvalue weighted by Crippen LogP contribution is -2.39. The molecule has 0 spiro atoms. The smallest absolute Gasteiger partial charge is 0.0593 e. The van der Waals surface area contributed by atoms with Crippen LogP contribution < -0.4 is 5.73 Å². The number of likely N-dealkylation sites (tertiary alicyclic amines) is 1. The third-order valence-corrected chi connectivity index (χ3v) is 5.41. The molecule has 1 aromatic rings. The second-order valence-corrected chi connectivity index (χ2v) is 7.22. The molecular weight excluding hydrogens is 252 g/mol. The van der Waals surface area contributed by atoms with Crippen molar-refractivity contribution in [3.63, 3.8) is 0 Å². The summed E-state index contributed by atoms with van der Waals surface area (Å²) in [6.45, 7) is 9.15. The van der Waals surface area contributed by atoms with Gasteiger partial charge in [-0.05, 0) is 50.8 Å². The van der Waals surface area contributed by atoms with Crippen molar-refractivity contribution in [2.45, 2.75) is 58.5 Å². The average Bonchev–Trinajstić information content (AvgIpc) is 3.00. The predicted molar refractivity (Wildman–Crippen MR) is 84.7 cm³/mol. The molecule has 0 aromatic carbocycles. The summed E-state index contributed by atoms with van der Waals surface area (Å²) in [5.41, 5.74) is 6.42. The Morgan fingerprint density at radius 1 is 1.42 bits per heavy atom. The molecule has 2 rings (SSSR count). The predicted octanol–water partition coefficient (Wildman–Crippen LogP) is 3.96.